The number of nitrogens with two attached hydrogens (primary N) is 1. The van der Waals surface area contributed by atoms with Crippen LogP contribution in [-0.2, 0) is 14.3 Å². The molecular weight excluding hydrogens is 232 g/mol. The average Bonchev–Trinajstić information content (AvgIpc) is 2.81. The van der Waals surface area contributed by atoms with E-state index < -0.39 is 0 Å². The van der Waals surface area contributed by atoms with Gasteiger partial charge in [-0.3, -0.25) is 4.79 Å². The number of rotatable bonds is 7. The highest BCUT2D eigenvalue weighted by Crippen LogP contribution is 2.21. The third kappa shape index (κ3) is 4.55. The van der Waals surface area contributed by atoms with Crippen molar-refractivity contribution in [3.63, 3.8) is 0 Å². The standard InChI is InChI=1S/C13H26N2O3/c1-10(2)9-15(6-7-17-3)13(16)12-5-4-11(8-14)18-12/h10-12H,4-9,14H2,1-3H3. The second-order valence-corrected chi connectivity index (χ2v) is 5.23. The van der Waals surface area contributed by atoms with E-state index in [1.165, 1.54) is 0 Å². The molecule has 1 rings (SSSR count). The Kier molecular flexibility index (Phi) is 6.60. The zero-order valence-corrected chi connectivity index (χ0v) is 11.7. The van der Waals surface area contributed by atoms with Gasteiger partial charge in [-0.15, -0.1) is 0 Å². The van der Waals surface area contributed by atoms with Crippen LogP contribution in [0.15, 0.2) is 0 Å². The van der Waals surface area contributed by atoms with Crippen LogP contribution < -0.4 is 5.73 Å². The molecule has 0 aliphatic carbocycles. The summed E-state index contributed by atoms with van der Waals surface area (Å²) in [7, 11) is 1.65. The molecule has 18 heavy (non-hydrogen) atoms. The van der Waals surface area contributed by atoms with Crippen molar-refractivity contribution in [1.82, 2.24) is 4.90 Å². The van der Waals surface area contributed by atoms with E-state index in [4.69, 9.17) is 15.2 Å². The van der Waals surface area contributed by atoms with Crippen molar-refractivity contribution in [1.29, 1.82) is 0 Å². The maximum atomic E-state index is 12.4. The molecule has 2 N–H and O–H groups in total. The van der Waals surface area contributed by atoms with Crippen LogP contribution in [0.1, 0.15) is 26.7 Å². The minimum atomic E-state index is -0.311. The number of amides is 1. The summed E-state index contributed by atoms with van der Waals surface area (Å²) in [4.78, 5) is 14.2. The first kappa shape index (κ1) is 15.4. The molecule has 5 heteroatoms. The number of methoxy groups -OCH3 is 1. The Morgan fingerprint density at radius 2 is 2.22 bits per heavy atom. The minimum absolute atomic E-state index is 0.0438. The third-order valence-corrected chi connectivity index (χ3v) is 3.11. The Labute approximate surface area is 110 Å². The SMILES string of the molecule is COCCN(CC(C)C)C(=O)C1CCC(CN)O1. The maximum absolute atomic E-state index is 12.4. The van der Waals surface area contributed by atoms with E-state index in [0.717, 1.165) is 19.4 Å². The molecule has 2 atom stereocenters. The van der Waals surface area contributed by atoms with Crippen LogP contribution in [0.5, 0.6) is 0 Å². The normalized spacial score (nSPS) is 23.6. The number of hydrogen-bond donors (Lipinski definition) is 1. The van der Waals surface area contributed by atoms with E-state index in [-0.39, 0.29) is 18.1 Å². The lowest BCUT2D eigenvalue weighted by Crippen LogP contribution is -2.43. The van der Waals surface area contributed by atoms with E-state index in [1.807, 2.05) is 4.90 Å². The smallest absolute Gasteiger partial charge is 0.251 e. The lowest BCUT2D eigenvalue weighted by molar-refractivity contribution is -0.143. The Balaban J connectivity index is 2.52. The number of ether oxygens (including phenoxy) is 2. The molecule has 0 aromatic carbocycles. The van der Waals surface area contributed by atoms with Crippen LogP contribution in [-0.4, -0.2) is 56.4 Å². The summed E-state index contributed by atoms with van der Waals surface area (Å²) in [6.45, 7) is 6.63. The number of nitrogens with zero attached hydrogens (tertiary/aromatic N) is 1. The summed E-state index contributed by atoms with van der Waals surface area (Å²) in [5, 5.41) is 0. The van der Waals surface area contributed by atoms with Crippen LogP contribution in [0, 0.1) is 5.92 Å². The highest BCUT2D eigenvalue weighted by molar-refractivity contribution is 5.81. The highest BCUT2D eigenvalue weighted by atomic mass is 16.5. The van der Waals surface area contributed by atoms with Crippen LogP contribution in [0.2, 0.25) is 0 Å². The van der Waals surface area contributed by atoms with Crippen molar-refractivity contribution in [3.05, 3.63) is 0 Å². The summed E-state index contributed by atoms with van der Waals surface area (Å²) in [5.41, 5.74) is 5.56. The van der Waals surface area contributed by atoms with Gasteiger partial charge < -0.3 is 20.1 Å². The molecule has 1 aliphatic heterocycles. The summed E-state index contributed by atoms with van der Waals surface area (Å²) < 4.78 is 10.7. The van der Waals surface area contributed by atoms with E-state index in [0.29, 0.717) is 25.6 Å². The number of hydrogen-bond acceptors (Lipinski definition) is 4. The van der Waals surface area contributed by atoms with Gasteiger partial charge >= 0.3 is 0 Å². The lowest BCUT2D eigenvalue weighted by atomic mass is 10.1. The highest BCUT2D eigenvalue weighted by Gasteiger charge is 2.32. The first-order valence-electron chi connectivity index (χ1n) is 6.71. The fourth-order valence-electron chi connectivity index (χ4n) is 2.20. The van der Waals surface area contributed by atoms with Gasteiger partial charge in [0.05, 0.1) is 12.7 Å². The van der Waals surface area contributed by atoms with Crippen molar-refractivity contribution >= 4 is 5.91 Å². The summed E-state index contributed by atoms with van der Waals surface area (Å²) in [5.74, 6) is 0.522. The molecule has 1 aliphatic rings. The monoisotopic (exact) mass is 258 g/mol. The van der Waals surface area contributed by atoms with Crippen molar-refractivity contribution in [2.75, 3.05) is 33.4 Å². The molecule has 1 fully saturated rings. The largest absolute Gasteiger partial charge is 0.383 e. The molecule has 0 aromatic heterocycles. The van der Waals surface area contributed by atoms with Crippen LogP contribution in [0.3, 0.4) is 0 Å². The Bertz CT molecular complexity index is 259. The summed E-state index contributed by atoms with van der Waals surface area (Å²) >= 11 is 0. The molecule has 0 aromatic rings. The summed E-state index contributed by atoms with van der Waals surface area (Å²) in [6.07, 6.45) is 1.39. The quantitative estimate of drug-likeness (QED) is 0.727. The summed E-state index contributed by atoms with van der Waals surface area (Å²) in [6, 6.07) is 0. The lowest BCUT2D eigenvalue weighted by Gasteiger charge is -2.27. The number of carbonyl (C=O) groups is 1. The van der Waals surface area contributed by atoms with Gasteiger partial charge in [-0.25, -0.2) is 0 Å². The molecule has 1 heterocycles. The molecule has 0 bridgehead atoms. The van der Waals surface area contributed by atoms with Crippen LogP contribution in [0.4, 0.5) is 0 Å². The predicted octanol–water partition coefficient (Wildman–Crippen LogP) is 0.624. The molecule has 1 saturated heterocycles. The van der Waals surface area contributed by atoms with Crippen molar-refractivity contribution < 1.29 is 14.3 Å². The van der Waals surface area contributed by atoms with E-state index in [2.05, 4.69) is 13.8 Å². The molecule has 0 radical (unpaired) electrons. The molecule has 2 unspecified atom stereocenters. The molecular formula is C13H26N2O3. The van der Waals surface area contributed by atoms with Gasteiger partial charge in [0.25, 0.3) is 5.91 Å². The van der Waals surface area contributed by atoms with Gasteiger partial charge in [0.1, 0.15) is 6.10 Å². The van der Waals surface area contributed by atoms with Gasteiger partial charge in [0.15, 0.2) is 0 Å². The van der Waals surface area contributed by atoms with Gasteiger partial charge in [-0.2, -0.15) is 0 Å². The average molecular weight is 258 g/mol. The van der Waals surface area contributed by atoms with Gasteiger partial charge in [-0.1, -0.05) is 13.8 Å². The van der Waals surface area contributed by atoms with Crippen LogP contribution in [0.25, 0.3) is 0 Å². The molecule has 106 valence electrons. The first-order valence-corrected chi connectivity index (χ1v) is 6.71. The fraction of sp³-hybridized carbons (Fsp3) is 0.923. The third-order valence-electron chi connectivity index (χ3n) is 3.11. The zero-order chi connectivity index (χ0) is 13.5. The fourth-order valence-corrected chi connectivity index (χ4v) is 2.20. The molecule has 0 spiro atoms. The van der Waals surface area contributed by atoms with Crippen LogP contribution >= 0.6 is 0 Å². The Morgan fingerprint density at radius 1 is 1.50 bits per heavy atom. The van der Waals surface area contributed by atoms with E-state index in [1.54, 1.807) is 7.11 Å². The van der Waals surface area contributed by atoms with Gasteiger partial charge in [0.2, 0.25) is 0 Å². The predicted molar refractivity (Wildman–Crippen MR) is 70.2 cm³/mol. The van der Waals surface area contributed by atoms with E-state index >= 15 is 0 Å². The zero-order valence-electron chi connectivity index (χ0n) is 11.7. The Morgan fingerprint density at radius 3 is 2.72 bits per heavy atom. The van der Waals surface area contributed by atoms with Gasteiger partial charge in [-0.05, 0) is 18.8 Å². The first-order chi connectivity index (χ1) is 8.58. The maximum Gasteiger partial charge on any atom is 0.251 e. The van der Waals surface area contributed by atoms with Crippen molar-refractivity contribution in [3.8, 4) is 0 Å². The second-order valence-electron chi connectivity index (χ2n) is 5.23. The number of carbonyl (C=O) groups excluding carboxylic acids is 1. The van der Waals surface area contributed by atoms with Gasteiger partial charge in [0, 0.05) is 26.7 Å². The van der Waals surface area contributed by atoms with Crippen molar-refractivity contribution in [2.24, 2.45) is 11.7 Å². The van der Waals surface area contributed by atoms with Crippen molar-refractivity contribution in [2.45, 2.75) is 38.9 Å². The molecule has 5 nitrogen and oxygen atoms in total. The Hall–Kier alpha value is -0.650. The second kappa shape index (κ2) is 7.71. The topological polar surface area (TPSA) is 64.8 Å². The molecule has 0 saturated carbocycles. The molecule has 1 amide bonds. The van der Waals surface area contributed by atoms with E-state index in [9.17, 15) is 4.79 Å². The minimum Gasteiger partial charge on any atom is -0.383 e.